The van der Waals surface area contributed by atoms with Gasteiger partial charge in [0.05, 0.1) is 0 Å². The topological polar surface area (TPSA) is 113 Å². The molecule has 3 amide bonds. The van der Waals surface area contributed by atoms with Crippen molar-refractivity contribution in [3.8, 4) is 0 Å². The first-order chi connectivity index (χ1) is 11.0. The maximum Gasteiger partial charge on any atom is 0.316 e. The zero-order valence-corrected chi connectivity index (χ0v) is 12.8. The number of primary amides is 1. The summed E-state index contributed by atoms with van der Waals surface area (Å²) in [6.45, 7) is 0.622. The summed E-state index contributed by atoms with van der Waals surface area (Å²) >= 11 is 0. The summed E-state index contributed by atoms with van der Waals surface area (Å²) in [6.07, 6.45) is 3.24. The molecule has 2 rings (SSSR count). The molecule has 0 radical (unpaired) electrons. The fourth-order valence-corrected chi connectivity index (χ4v) is 2.90. The summed E-state index contributed by atoms with van der Waals surface area (Å²) in [5.74, 6) is -0.996. The van der Waals surface area contributed by atoms with E-state index >= 15 is 0 Å². The van der Waals surface area contributed by atoms with Crippen LogP contribution < -0.4 is 11.1 Å². The average Bonchev–Trinajstić information content (AvgIpc) is 2.52. The Bertz CT molecular complexity index is 603. The number of benzene rings is 1. The van der Waals surface area contributed by atoms with Gasteiger partial charge in [-0.15, -0.1) is 0 Å². The van der Waals surface area contributed by atoms with Gasteiger partial charge in [-0.05, 0) is 43.9 Å². The number of rotatable bonds is 5. The van der Waals surface area contributed by atoms with Gasteiger partial charge in [0, 0.05) is 30.3 Å². The van der Waals surface area contributed by atoms with E-state index in [1.54, 1.807) is 29.2 Å². The largest absolute Gasteiger partial charge is 0.481 e. The molecule has 0 bridgehead atoms. The van der Waals surface area contributed by atoms with Crippen molar-refractivity contribution in [1.29, 1.82) is 0 Å². The molecule has 0 unspecified atom stereocenters. The first-order valence-electron chi connectivity index (χ1n) is 7.66. The van der Waals surface area contributed by atoms with Gasteiger partial charge in [0.15, 0.2) is 0 Å². The zero-order valence-electron chi connectivity index (χ0n) is 12.8. The smallest absolute Gasteiger partial charge is 0.316 e. The molecule has 0 aromatic heterocycles. The van der Waals surface area contributed by atoms with Gasteiger partial charge in [0.1, 0.15) is 0 Å². The molecular formula is C16H21N3O4. The quantitative estimate of drug-likeness (QED) is 0.770. The Hall–Kier alpha value is -2.57. The number of carbonyl (C=O) groups excluding carboxylic acids is 2. The third-order valence-electron chi connectivity index (χ3n) is 3.96. The Morgan fingerprint density at radius 3 is 2.78 bits per heavy atom. The van der Waals surface area contributed by atoms with Crippen LogP contribution in [0.15, 0.2) is 24.3 Å². The molecule has 0 saturated carbocycles. The van der Waals surface area contributed by atoms with Crippen LogP contribution in [-0.4, -0.2) is 40.5 Å². The van der Waals surface area contributed by atoms with Crippen molar-refractivity contribution in [3.05, 3.63) is 29.8 Å². The Balaban J connectivity index is 2.13. The van der Waals surface area contributed by atoms with Crippen molar-refractivity contribution in [3.63, 3.8) is 0 Å². The monoisotopic (exact) mass is 319 g/mol. The molecule has 1 saturated heterocycles. The third kappa shape index (κ3) is 4.70. The molecular weight excluding hydrogens is 298 g/mol. The predicted molar refractivity (Wildman–Crippen MR) is 85.2 cm³/mol. The van der Waals surface area contributed by atoms with E-state index in [1.165, 1.54) is 0 Å². The Morgan fingerprint density at radius 1 is 1.30 bits per heavy atom. The predicted octanol–water partition coefficient (Wildman–Crippen LogP) is 2.04. The molecule has 23 heavy (non-hydrogen) atoms. The second-order valence-corrected chi connectivity index (χ2v) is 5.65. The van der Waals surface area contributed by atoms with Gasteiger partial charge in [0.25, 0.3) is 5.91 Å². The second-order valence-electron chi connectivity index (χ2n) is 5.65. The highest BCUT2D eigenvalue weighted by molar-refractivity contribution is 5.97. The highest BCUT2D eigenvalue weighted by Gasteiger charge is 2.27. The Morgan fingerprint density at radius 2 is 2.09 bits per heavy atom. The first kappa shape index (κ1) is 16.8. The number of likely N-dealkylation sites (tertiary alicyclic amines) is 1. The van der Waals surface area contributed by atoms with Gasteiger partial charge in [-0.1, -0.05) is 6.07 Å². The molecule has 1 aliphatic rings. The van der Waals surface area contributed by atoms with Crippen molar-refractivity contribution in [1.82, 2.24) is 4.90 Å². The van der Waals surface area contributed by atoms with Crippen molar-refractivity contribution < 1.29 is 19.5 Å². The number of urea groups is 1. The van der Waals surface area contributed by atoms with E-state index in [1.807, 2.05) is 0 Å². The average molecular weight is 319 g/mol. The third-order valence-corrected chi connectivity index (χ3v) is 3.96. The number of nitrogens with zero attached hydrogens (tertiary/aromatic N) is 1. The minimum Gasteiger partial charge on any atom is -0.481 e. The first-order valence-corrected chi connectivity index (χ1v) is 7.66. The number of anilines is 1. The van der Waals surface area contributed by atoms with Gasteiger partial charge in [0.2, 0.25) is 0 Å². The molecule has 124 valence electrons. The van der Waals surface area contributed by atoms with Crippen LogP contribution in [0.4, 0.5) is 10.5 Å². The van der Waals surface area contributed by atoms with Crippen LogP contribution in [-0.2, 0) is 4.79 Å². The summed E-state index contributed by atoms with van der Waals surface area (Å²) in [5.41, 5.74) is 6.00. The highest BCUT2D eigenvalue weighted by atomic mass is 16.4. The normalized spacial score (nSPS) is 17.6. The van der Waals surface area contributed by atoms with E-state index < -0.39 is 12.0 Å². The maximum atomic E-state index is 12.7. The van der Waals surface area contributed by atoms with E-state index in [0.717, 1.165) is 19.3 Å². The van der Waals surface area contributed by atoms with Gasteiger partial charge in [-0.25, -0.2) is 4.79 Å². The lowest BCUT2D eigenvalue weighted by molar-refractivity contribution is -0.137. The summed E-state index contributed by atoms with van der Waals surface area (Å²) in [6, 6.07) is 5.84. The Labute approximate surface area is 134 Å². The number of hydrogen-bond acceptors (Lipinski definition) is 3. The van der Waals surface area contributed by atoms with Crippen LogP contribution in [0.3, 0.4) is 0 Å². The molecule has 4 N–H and O–H groups in total. The van der Waals surface area contributed by atoms with Crippen LogP contribution in [0.25, 0.3) is 0 Å². The van der Waals surface area contributed by atoms with E-state index in [-0.39, 0.29) is 18.4 Å². The van der Waals surface area contributed by atoms with Crippen LogP contribution in [0.1, 0.15) is 42.5 Å². The lowest BCUT2D eigenvalue weighted by Gasteiger charge is -2.35. The number of carbonyl (C=O) groups is 3. The van der Waals surface area contributed by atoms with Crippen LogP contribution in [0.2, 0.25) is 0 Å². The fraction of sp³-hybridized carbons (Fsp3) is 0.438. The van der Waals surface area contributed by atoms with Crippen LogP contribution in [0, 0.1) is 0 Å². The van der Waals surface area contributed by atoms with Gasteiger partial charge < -0.3 is 21.1 Å². The Kier molecular flexibility index (Phi) is 5.56. The number of aliphatic carboxylic acids is 1. The number of nitrogens with one attached hydrogen (secondary N) is 1. The minimum atomic E-state index is -0.851. The van der Waals surface area contributed by atoms with Gasteiger partial charge in [-0.3, -0.25) is 9.59 Å². The number of carboxylic acids is 1. The summed E-state index contributed by atoms with van der Waals surface area (Å²) < 4.78 is 0. The molecule has 7 heteroatoms. The number of amides is 3. The molecule has 0 aliphatic carbocycles. The summed E-state index contributed by atoms with van der Waals surface area (Å²) in [7, 11) is 0. The van der Waals surface area contributed by atoms with Crippen molar-refractivity contribution in [2.45, 2.75) is 38.1 Å². The van der Waals surface area contributed by atoms with E-state index in [4.69, 9.17) is 10.8 Å². The number of carboxylic acid groups (broad SMARTS) is 1. The van der Waals surface area contributed by atoms with Crippen LogP contribution >= 0.6 is 0 Å². The maximum absolute atomic E-state index is 12.7. The molecule has 1 aromatic carbocycles. The lowest BCUT2D eigenvalue weighted by Crippen LogP contribution is -2.44. The molecule has 1 heterocycles. The molecule has 1 aliphatic heterocycles. The van der Waals surface area contributed by atoms with E-state index in [9.17, 15) is 14.4 Å². The molecule has 1 atom stereocenters. The second kappa shape index (κ2) is 7.62. The standard InChI is InChI=1S/C16H21N3O4/c17-16(23)18-12-5-3-4-11(10-12)15(22)19-9-2-1-6-13(19)7-8-14(20)21/h3-5,10,13H,1-2,6-9H2,(H,20,21)(H3,17,18,23)/t13-/m0/s1. The summed E-state index contributed by atoms with van der Waals surface area (Å²) in [4.78, 5) is 36.2. The van der Waals surface area contributed by atoms with Crippen molar-refractivity contribution in [2.75, 3.05) is 11.9 Å². The zero-order chi connectivity index (χ0) is 16.8. The fourth-order valence-electron chi connectivity index (χ4n) is 2.90. The SMILES string of the molecule is NC(=O)Nc1cccc(C(=O)N2CCCC[C@H]2CCC(=O)O)c1. The van der Waals surface area contributed by atoms with E-state index in [0.29, 0.717) is 24.2 Å². The number of hydrogen-bond donors (Lipinski definition) is 3. The molecule has 1 aromatic rings. The highest BCUT2D eigenvalue weighted by Crippen LogP contribution is 2.24. The number of piperidine rings is 1. The molecule has 0 spiro atoms. The van der Waals surface area contributed by atoms with Crippen molar-refractivity contribution >= 4 is 23.6 Å². The van der Waals surface area contributed by atoms with E-state index in [2.05, 4.69) is 5.32 Å². The van der Waals surface area contributed by atoms with Gasteiger partial charge >= 0.3 is 12.0 Å². The van der Waals surface area contributed by atoms with Crippen LogP contribution in [0.5, 0.6) is 0 Å². The van der Waals surface area contributed by atoms with Gasteiger partial charge in [-0.2, -0.15) is 0 Å². The summed E-state index contributed by atoms with van der Waals surface area (Å²) in [5, 5.41) is 11.3. The minimum absolute atomic E-state index is 0.0533. The lowest BCUT2D eigenvalue weighted by atomic mass is 9.97. The molecule has 7 nitrogen and oxygen atoms in total. The van der Waals surface area contributed by atoms with Crippen molar-refractivity contribution in [2.24, 2.45) is 5.73 Å². The number of nitrogens with two attached hydrogens (primary N) is 1. The molecule has 1 fully saturated rings.